The molecule has 0 aliphatic heterocycles. The van der Waals surface area contributed by atoms with Crippen molar-refractivity contribution in [3.63, 3.8) is 0 Å². The van der Waals surface area contributed by atoms with Gasteiger partial charge in [0.15, 0.2) is 0 Å². The van der Waals surface area contributed by atoms with Crippen molar-refractivity contribution in [1.29, 1.82) is 0 Å². The van der Waals surface area contributed by atoms with Crippen molar-refractivity contribution >= 4 is 11.6 Å². The van der Waals surface area contributed by atoms with E-state index in [1.54, 1.807) is 5.46 Å². The van der Waals surface area contributed by atoms with Crippen LogP contribution >= 0.6 is 0 Å². The van der Waals surface area contributed by atoms with Crippen LogP contribution in [0.4, 0.5) is 0 Å². The summed E-state index contributed by atoms with van der Waals surface area (Å²) in [7, 11) is 0. The van der Waals surface area contributed by atoms with Crippen molar-refractivity contribution in [3.05, 3.63) is 30.3 Å². The fourth-order valence-electron chi connectivity index (χ4n) is 3.58. The van der Waals surface area contributed by atoms with Crippen LogP contribution in [0.5, 0.6) is 0 Å². The maximum atomic E-state index is 2.39. The van der Waals surface area contributed by atoms with Gasteiger partial charge in [0.2, 0.25) is 0 Å². The summed E-state index contributed by atoms with van der Waals surface area (Å²) >= 11 is 0. The van der Waals surface area contributed by atoms with Crippen molar-refractivity contribution in [3.8, 4) is 0 Å². The van der Waals surface area contributed by atoms with Gasteiger partial charge in [-0.1, -0.05) is 89.6 Å². The van der Waals surface area contributed by atoms with Crippen LogP contribution in [-0.4, -0.2) is 6.15 Å². The molecule has 0 bridgehead atoms. The van der Waals surface area contributed by atoms with Crippen molar-refractivity contribution in [1.82, 2.24) is 0 Å². The van der Waals surface area contributed by atoms with Crippen molar-refractivity contribution in [2.24, 2.45) is 0 Å². The van der Waals surface area contributed by atoms with E-state index in [4.69, 9.17) is 0 Å². The third-order valence-corrected chi connectivity index (χ3v) is 4.84. The predicted molar refractivity (Wildman–Crippen MR) is 91.0 cm³/mol. The van der Waals surface area contributed by atoms with Gasteiger partial charge in [0, 0.05) is 6.15 Å². The van der Waals surface area contributed by atoms with Gasteiger partial charge in [-0.05, 0) is 0 Å². The zero-order chi connectivity index (χ0) is 14.0. The Morgan fingerprint density at radius 3 is 1.45 bits per heavy atom. The minimum Gasteiger partial charge on any atom is -0.210 e. The van der Waals surface area contributed by atoms with Crippen LogP contribution in [0.15, 0.2) is 30.3 Å². The largest absolute Gasteiger partial charge is 1.00 e. The minimum absolute atomic E-state index is 0. The van der Waals surface area contributed by atoms with E-state index in [1.807, 2.05) is 0 Å². The van der Waals surface area contributed by atoms with Crippen LogP contribution in [0.1, 0.15) is 59.3 Å². The number of unbranched alkanes of at least 4 members (excludes halogenated alkanes) is 3. The molecule has 0 radical (unpaired) electrons. The SMILES string of the molecule is CCCC[B-](CCCC)(CCCC)c1ccccc1.[Li+]. The van der Waals surface area contributed by atoms with E-state index >= 15 is 0 Å². The molecule has 1 rings (SSSR count). The smallest absolute Gasteiger partial charge is 0.210 e. The summed E-state index contributed by atoms with van der Waals surface area (Å²) in [6.45, 7) is 6.97. The molecule has 0 saturated carbocycles. The van der Waals surface area contributed by atoms with Crippen LogP contribution in [0, 0.1) is 0 Å². The van der Waals surface area contributed by atoms with Gasteiger partial charge >= 0.3 is 18.9 Å². The first-order valence-electron chi connectivity index (χ1n) is 8.55. The predicted octanol–water partition coefficient (Wildman–Crippen LogP) is 2.75. The quantitative estimate of drug-likeness (QED) is 0.571. The Morgan fingerprint density at radius 2 is 1.10 bits per heavy atom. The van der Waals surface area contributed by atoms with Gasteiger partial charge in [-0.3, -0.25) is 0 Å². The minimum atomic E-state index is -0.309. The Bertz CT molecular complexity index is 302. The van der Waals surface area contributed by atoms with E-state index in [1.165, 1.54) is 57.5 Å². The van der Waals surface area contributed by atoms with E-state index in [9.17, 15) is 0 Å². The summed E-state index contributed by atoms with van der Waals surface area (Å²) < 4.78 is 0. The van der Waals surface area contributed by atoms with Gasteiger partial charge in [0.05, 0.1) is 0 Å². The molecule has 0 atom stereocenters. The van der Waals surface area contributed by atoms with Crippen molar-refractivity contribution in [2.75, 3.05) is 0 Å². The molecule has 0 heterocycles. The molecule has 0 fully saturated rings. The van der Waals surface area contributed by atoms with E-state index in [0.29, 0.717) is 0 Å². The molecule has 1 aromatic carbocycles. The van der Waals surface area contributed by atoms with Crippen molar-refractivity contribution < 1.29 is 18.9 Å². The Hall–Kier alpha value is -0.118. The maximum Gasteiger partial charge on any atom is 1.00 e. The third-order valence-electron chi connectivity index (χ3n) is 4.84. The average molecular weight is 266 g/mol. The molecule has 0 aromatic heterocycles. The summed E-state index contributed by atoms with van der Waals surface area (Å²) in [5.74, 6) is 0. The van der Waals surface area contributed by atoms with Gasteiger partial charge in [0.25, 0.3) is 0 Å². The third kappa shape index (κ3) is 6.11. The van der Waals surface area contributed by atoms with Crippen LogP contribution in [0.2, 0.25) is 19.0 Å². The summed E-state index contributed by atoms with van der Waals surface area (Å²) in [4.78, 5) is 0. The molecule has 0 nitrogen and oxygen atoms in total. The van der Waals surface area contributed by atoms with Crippen LogP contribution in [-0.2, 0) is 0 Å². The molecule has 0 N–H and O–H groups in total. The van der Waals surface area contributed by atoms with Crippen molar-refractivity contribution in [2.45, 2.75) is 78.3 Å². The second-order valence-electron chi connectivity index (χ2n) is 6.32. The van der Waals surface area contributed by atoms with E-state index in [2.05, 4.69) is 51.1 Å². The molecule has 0 aliphatic rings. The number of hydrogen-bond acceptors (Lipinski definition) is 0. The maximum absolute atomic E-state index is 2.39. The molecule has 0 amide bonds. The van der Waals surface area contributed by atoms with Crippen LogP contribution in [0.3, 0.4) is 0 Å². The van der Waals surface area contributed by atoms with E-state index < -0.39 is 0 Å². The molecule has 0 spiro atoms. The van der Waals surface area contributed by atoms with E-state index in [-0.39, 0.29) is 25.0 Å². The molecule has 0 unspecified atom stereocenters. The second-order valence-corrected chi connectivity index (χ2v) is 6.32. The fraction of sp³-hybridized carbons (Fsp3) is 0.667. The number of hydrogen-bond donors (Lipinski definition) is 0. The molecule has 2 heteroatoms. The summed E-state index contributed by atoms with van der Waals surface area (Å²) in [5, 5.41) is 0. The number of rotatable bonds is 10. The first kappa shape index (κ1) is 19.9. The van der Waals surface area contributed by atoms with Gasteiger partial charge in [0.1, 0.15) is 0 Å². The molecule has 108 valence electrons. The molecule has 20 heavy (non-hydrogen) atoms. The molecular formula is C18H32BLi. The molecule has 1 aromatic rings. The van der Waals surface area contributed by atoms with Gasteiger partial charge in [-0.15, -0.1) is 0 Å². The summed E-state index contributed by atoms with van der Waals surface area (Å²) in [6.07, 6.45) is 12.1. The second kappa shape index (κ2) is 11.5. The Balaban J connectivity index is 0.00000361. The normalized spacial score (nSPS) is 11.2. The monoisotopic (exact) mass is 266 g/mol. The Kier molecular flexibility index (Phi) is 11.5. The summed E-state index contributed by atoms with van der Waals surface area (Å²) in [5.41, 5.74) is 1.65. The summed E-state index contributed by atoms with van der Waals surface area (Å²) in [6, 6.07) is 11.4. The standard InChI is InChI=1S/C18H32B.Li/c1-4-7-15-19(16-8-5-2,17-9-6-3)18-13-11-10-12-14-18;/h10-14H,4-9,15-17H2,1-3H3;/q-1;+1. The molecular weight excluding hydrogens is 234 g/mol. The van der Waals surface area contributed by atoms with Gasteiger partial charge < -0.3 is 0 Å². The Morgan fingerprint density at radius 1 is 0.700 bits per heavy atom. The van der Waals surface area contributed by atoms with Gasteiger partial charge in [-0.2, -0.15) is 19.0 Å². The Labute approximate surface area is 139 Å². The first-order chi connectivity index (χ1) is 9.29. The van der Waals surface area contributed by atoms with Gasteiger partial charge in [-0.25, -0.2) is 5.46 Å². The molecule has 0 saturated heterocycles. The van der Waals surface area contributed by atoms with E-state index in [0.717, 1.165) is 0 Å². The fourth-order valence-corrected chi connectivity index (χ4v) is 3.58. The van der Waals surface area contributed by atoms with Crippen LogP contribution < -0.4 is 24.3 Å². The van der Waals surface area contributed by atoms with Crippen LogP contribution in [0.25, 0.3) is 0 Å². The zero-order valence-electron chi connectivity index (χ0n) is 14.3. The topological polar surface area (TPSA) is 0 Å². The zero-order valence-corrected chi connectivity index (χ0v) is 14.3. The first-order valence-corrected chi connectivity index (χ1v) is 8.55. The number of benzene rings is 1. The molecule has 0 aliphatic carbocycles. The average Bonchev–Trinajstić information content (AvgIpc) is 2.48.